The normalized spacial score (nSPS) is 24.8. The van der Waals surface area contributed by atoms with Gasteiger partial charge in [0.1, 0.15) is 12.4 Å². The molecule has 3 amide bonds. The van der Waals surface area contributed by atoms with Crippen LogP contribution in [0.1, 0.15) is 30.9 Å². The van der Waals surface area contributed by atoms with Gasteiger partial charge >= 0.3 is 12.2 Å². The van der Waals surface area contributed by atoms with Crippen molar-refractivity contribution in [1.82, 2.24) is 20.0 Å². The van der Waals surface area contributed by atoms with Gasteiger partial charge < -0.3 is 19.9 Å². The Kier molecular flexibility index (Phi) is 6.78. The first-order valence-electron chi connectivity index (χ1n) is 11.4. The third-order valence-corrected chi connectivity index (χ3v) is 7.05. The summed E-state index contributed by atoms with van der Waals surface area (Å²) in [5.41, 5.74) is -0.800. The van der Waals surface area contributed by atoms with Crippen molar-refractivity contribution in [2.75, 3.05) is 46.4 Å². The first-order valence-corrected chi connectivity index (χ1v) is 11.4. The van der Waals surface area contributed by atoms with Crippen molar-refractivity contribution in [1.29, 1.82) is 0 Å². The minimum Gasteiger partial charge on any atom is -0.366 e. The van der Waals surface area contributed by atoms with Crippen LogP contribution in [0.5, 0.6) is 0 Å². The molecule has 3 heterocycles. The quantitative estimate of drug-likeness (QED) is 0.651. The van der Waals surface area contributed by atoms with E-state index in [9.17, 15) is 27.2 Å². The number of morpholine rings is 1. The third-order valence-electron chi connectivity index (χ3n) is 7.05. The number of nitrogens with zero attached hydrogens (tertiary/aromatic N) is 3. The Bertz CT molecular complexity index is 935. The van der Waals surface area contributed by atoms with Gasteiger partial charge in [0, 0.05) is 57.3 Å². The fraction of sp³-hybridized carbons (Fsp3) is 0.652. The number of alkyl halides is 3. The number of halogens is 4. The highest BCUT2D eigenvalue weighted by Crippen LogP contribution is 2.41. The number of nitrogens with one attached hydrogen (secondary N) is 1. The van der Waals surface area contributed by atoms with E-state index in [1.165, 1.54) is 6.07 Å². The maximum absolute atomic E-state index is 14.2. The molecule has 11 heteroatoms. The predicted molar refractivity (Wildman–Crippen MR) is 115 cm³/mol. The van der Waals surface area contributed by atoms with Gasteiger partial charge in [0.05, 0.1) is 17.7 Å². The lowest BCUT2D eigenvalue weighted by molar-refractivity contribution is -0.138. The van der Waals surface area contributed by atoms with Crippen LogP contribution < -0.4 is 5.32 Å². The Morgan fingerprint density at radius 3 is 2.68 bits per heavy atom. The maximum Gasteiger partial charge on any atom is 0.416 e. The Morgan fingerprint density at radius 1 is 1.29 bits per heavy atom. The van der Waals surface area contributed by atoms with Gasteiger partial charge in [0.15, 0.2) is 0 Å². The Balaban J connectivity index is 1.23. The number of urea groups is 1. The zero-order chi connectivity index (χ0) is 24.7. The number of likely N-dealkylation sites (tertiary alicyclic amines) is 2. The second kappa shape index (κ2) is 9.33. The van der Waals surface area contributed by atoms with E-state index in [1.807, 2.05) is 16.7 Å². The van der Waals surface area contributed by atoms with Gasteiger partial charge in [-0.15, -0.1) is 0 Å². The topological polar surface area (TPSA) is 65.1 Å². The highest BCUT2D eigenvalue weighted by Gasteiger charge is 2.49. The van der Waals surface area contributed by atoms with Gasteiger partial charge in [-0.2, -0.15) is 13.2 Å². The summed E-state index contributed by atoms with van der Waals surface area (Å²) in [5.74, 6) is -0.984. The molecule has 1 N–H and O–H groups in total. The first-order chi connectivity index (χ1) is 16.0. The molecule has 1 aromatic rings. The van der Waals surface area contributed by atoms with Crippen LogP contribution in [0.15, 0.2) is 18.2 Å². The predicted octanol–water partition coefficient (Wildman–Crippen LogP) is 2.70. The summed E-state index contributed by atoms with van der Waals surface area (Å²) in [5, 5.41) is 2.84. The van der Waals surface area contributed by atoms with Crippen molar-refractivity contribution in [3.63, 3.8) is 0 Å². The highest BCUT2D eigenvalue weighted by molar-refractivity contribution is 5.78. The number of carbonyl (C=O) groups excluding carboxylic acids is 2. The molecule has 3 aliphatic rings. The van der Waals surface area contributed by atoms with Crippen LogP contribution in [0.4, 0.5) is 22.4 Å². The van der Waals surface area contributed by atoms with Crippen molar-refractivity contribution in [3.05, 3.63) is 35.1 Å². The van der Waals surface area contributed by atoms with Gasteiger partial charge in [0.25, 0.3) is 0 Å². The van der Waals surface area contributed by atoms with E-state index in [0.29, 0.717) is 45.2 Å². The number of carbonyl (C=O) groups is 2. The molecule has 34 heavy (non-hydrogen) atoms. The standard InChI is InChI=1S/C23H30F4N4O3/c1-15-19(34-11-20(32)28-15)5-7-29(2)21(33)31-8-6-22(14-31)12-30(13-22)10-16-3-4-17(9-18(16)24)23(25,26)27/h3-4,9,15,19H,5-8,10-14H2,1-2H3,(H,28,32)/t15-,19+/m1/s1. The summed E-state index contributed by atoms with van der Waals surface area (Å²) in [4.78, 5) is 29.7. The molecule has 0 radical (unpaired) electrons. The van der Waals surface area contributed by atoms with Crippen LogP contribution in [-0.2, 0) is 22.3 Å². The van der Waals surface area contributed by atoms with Crippen LogP contribution in [0.3, 0.4) is 0 Å². The van der Waals surface area contributed by atoms with E-state index in [0.717, 1.165) is 12.5 Å². The summed E-state index contributed by atoms with van der Waals surface area (Å²) in [6, 6.07) is 2.49. The zero-order valence-electron chi connectivity index (χ0n) is 19.3. The molecular formula is C23H30F4N4O3. The highest BCUT2D eigenvalue weighted by atomic mass is 19.4. The van der Waals surface area contributed by atoms with Crippen molar-refractivity contribution in [2.24, 2.45) is 5.41 Å². The smallest absolute Gasteiger partial charge is 0.366 e. The summed E-state index contributed by atoms with van der Waals surface area (Å²) >= 11 is 0. The minimum atomic E-state index is -4.56. The van der Waals surface area contributed by atoms with Crippen LogP contribution >= 0.6 is 0 Å². The minimum absolute atomic E-state index is 0.0359. The molecule has 0 aliphatic carbocycles. The average molecular weight is 487 g/mol. The van der Waals surface area contributed by atoms with E-state index in [4.69, 9.17) is 4.74 Å². The molecular weight excluding hydrogens is 456 g/mol. The lowest BCUT2D eigenvalue weighted by Crippen LogP contribution is -2.57. The Hall–Kier alpha value is -2.40. The van der Waals surface area contributed by atoms with E-state index in [-0.39, 0.29) is 48.2 Å². The molecule has 3 aliphatic heterocycles. The average Bonchev–Trinajstić information content (AvgIpc) is 3.18. The van der Waals surface area contributed by atoms with Gasteiger partial charge in [0.2, 0.25) is 5.91 Å². The van der Waals surface area contributed by atoms with E-state index < -0.39 is 17.6 Å². The molecule has 0 bridgehead atoms. The van der Waals surface area contributed by atoms with Crippen LogP contribution in [0.25, 0.3) is 0 Å². The lowest BCUT2D eigenvalue weighted by atomic mass is 9.79. The van der Waals surface area contributed by atoms with Gasteiger partial charge in [-0.1, -0.05) is 6.07 Å². The van der Waals surface area contributed by atoms with Gasteiger partial charge in [-0.3, -0.25) is 9.69 Å². The number of rotatable bonds is 5. The van der Waals surface area contributed by atoms with Gasteiger partial charge in [-0.05, 0) is 31.9 Å². The first kappa shape index (κ1) is 24.7. The summed E-state index contributed by atoms with van der Waals surface area (Å²) in [6.45, 7) is 5.26. The number of ether oxygens (including phenoxy) is 1. The fourth-order valence-electron chi connectivity index (χ4n) is 5.17. The molecule has 1 spiro atoms. The maximum atomic E-state index is 14.2. The number of hydrogen-bond acceptors (Lipinski definition) is 4. The Labute approximate surface area is 196 Å². The fourth-order valence-corrected chi connectivity index (χ4v) is 5.17. The lowest BCUT2D eigenvalue weighted by Gasteiger charge is -2.48. The molecule has 7 nitrogen and oxygen atoms in total. The van der Waals surface area contributed by atoms with Crippen molar-refractivity contribution in [3.8, 4) is 0 Å². The molecule has 0 unspecified atom stereocenters. The van der Waals surface area contributed by atoms with Crippen LogP contribution in [-0.4, -0.2) is 85.2 Å². The molecule has 188 valence electrons. The van der Waals surface area contributed by atoms with E-state index in [1.54, 1.807) is 11.9 Å². The molecule has 2 atom stereocenters. The SMILES string of the molecule is C[C@H]1NC(=O)CO[C@H]1CCN(C)C(=O)N1CCC2(CN(Cc3ccc(C(F)(F)F)cc3F)C2)C1. The number of benzene rings is 1. The Morgan fingerprint density at radius 2 is 2.03 bits per heavy atom. The molecule has 1 aromatic carbocycles. The second-order valence-corrected chi connectivity index (χ2v) is 9.82. The van der Waals surface area contributed by atoms with Crippen LogP contribution in [0, 0.1) is 11.2 Å². The molecule has 0 aromatic heterocycles. The second-order valence-electron chi connectivity index (χ2n) is 9.82. The summed E-state index contributed by atoms with van der Waals surface area (Å²) in [7, 11) is 1.75. The number of amides is 3. The third kappa shape index (κ3) is 5.30. The van der Waals surface area contributed by atoms with Gasteiger partial charge in [-0.25, -0.2) is 9.18 Å². The summed E-state index contributed by atoms with van der Waals surface area (Å²) in [6.07, 6.45) is -3.24. The largest absolute Gasteiger partial charge is 0.416 e. The van der Waals surface area contributed by atoms with E-state index in [2.05, 4.69) is 5.32 Å². The molecule has 3 saturated heterocycles. The van der Waals surface area contributed by atoms with E-state index >= 15 is 0 Å². The zero-order valence-corrected chi connectivity index (χ0v) is 19.3. The molecule has 0 saturated carbocycles. The van der Waals surface area contributed by atoms with Crippen molar-refractivity contribution >= 4 is 11.9 Å². The van der Waals surface area contributed by atoms with Crippen molar-refractivity contribution < 1.29 is 31.9 Å². The monoisotopic (exact) mass is 486 g/mol. The number of hydrogen-bond donors (Lipinski definition) is 1. The molecule has 4 rings (SSSR count). The summed E-state index contributed by atoms with van der Waals surface area (Å²) < 4.78 is 57.9. The van der Waals surface area contributed by atoms with Crippen LogP contribution in [0.2, 0.25) is 0 Å². The van der Waals surface area contributed by atoms with Crippen molar-refractivity contribution in [2.45, 2.75) is 44.6 Å². The molecule has 3 fully saturated rings.